The molecule has 0 heterocycles. The largest absolute Gasteiger partial charge is 0.494 e. The van der Waals surface area contributed by atoms with Crippen LogP contribution < -0.4 is 25.4 Å². The molecule has 0 aliphatic rings. The van der Waals surface area contributed by atoms with Crippen LogP contribution in [0.1, 0.15) is 6.92 Å². The number of thiocarbonyl (C=S) groups is 1. The van der Waals surface area contributed by atoms with Crippen LogP contribution in [0.15, 0.2) is 36.4 Å². The molecule has 0 saturated carbocycles. The van der Waals surface area contributed by atoms with E-state index < -0.39 is 12.6 Å². The number of hydrogen-bond acceptors (Lipinski definition) is 5. The first-order chi connectivity index (χ1) is 13.3. The van der Waals surface area contributed by atoms with Crippen molar-refractivity contribution in [2.45, 2.75) is 6.92 Å². The minimum absolute atomic E-state index is 0.155. The molecule has 28 heavy (non-hydrogen) atoms. The summed E-state index contributed by atoms with van der Waals surface area (Å²) in [6.45, 7) is 0.909. The molecule has 0 aliphatic carbocycles. The van der Waals surface area contributed by atoms with Crippen LogP contribution in [0.2, 0.25) is 5.02 Å². The highest BCUT2D eigenvalue weighted by molar-refractivity contribution is 7.80. The van der Waals surface area contributed by atoms with Crippen LogP contribution in [0.5, 0.6) is 11.5 Å². The van der Waals surface area contributed by atoms with Crippen molar-refractivity contribution in [1.82, 2.24) is 0 Å². The van der Waals surface area contributed by atoms with Gasteiger partial charge in [0.2, 0.25) is 5.91 Å². The standard InChI is InChI=1S/C18H18ClN3O5S/c1-10(23)20-11-3-5-12(6-4-11)21-18(28)22-14-7-13(19)15(8-16(14)26-2)27-9-17(24)25/h3-8H,9H2,1-2H3,(H,20,23)(H,24,25)(H2,21,22,28). The van der Waals surface area contributed by atoms with Gasteiger partial charge in [-0.25, -0.2) is 4.79 Å². The van der Waals surface area contributed by atoms with Gasteiger partial charge in [-0.15, -0.1) is 0 Å². The third-order valence-corrected chi connectivity index (χ3v) is 3.82. The zero-order valence-corrected chi connectivity index (χ0v) is 16.6. The Morgan fingerprint density at radius 2 is 1.68 bits per heavy atom. The van der Waals surface area contributed by atoms with Crippen molar-refractivity contribution in [3.8, 4) is 11.5 Å². The second-order valence-corrected chi connectivity index (χ2v) is 6.32. The van der Waals surface area contributed by atoms with Gasteiger partial charge in [0.25, 0.3) is 0 Å². The van der Waals surface area contributed by atoms with Gasteiger partial charge in [-0.05, 0) is 42.5 Å². The molecule has 2 aromatic carbocycles. The van der Waals surface area contributed by atoms with Gasteiger partial charge >= 0.3 is 5.97 Å². The molecule has 4 N–H and O–H groups in total. The highest BCUT2D eigenvalue weighted by Crippen LogP contribution is 2.36. The number of anilines is 3. The number of carboxylic acid groups (broad SMARTS) is 1. The van der Waals surface area contributed by atoms with Crippen LogP contribution in [0.25, 0.3) is 0 Å². The Morgan fingerprint density at radius 1 is 1.07 bits per heavy atom. The average molecular weight is 424 g/mol. The molecule has 0 saturated heterocycles. The number of hydrogen-bond donors (Lipinski definition) is 4. The third kappa shape index (κ3) is 6.29. The molecule has 1 amide bonds. The van der Waals surface area contributed by atoms with Crippen LogP contribution in [-0.2, 0) is 9.59 Å². The summed E-state index contributed by atoms with van der Waals surface area (Å²) in [7, 11) is 1.45. The fourth-order valence-electron chi connectivity index (χ4n) is 2.18. The maximum Gasteiger partial charge on any atom is 0.341 e. The summed E-state index contributed by atoms with van der Waals surface area (Å²) in [6, 6.07) is 9.97. The molecule has 0 bridgehead atoms. The Balaban J connectivity index is 2.07. The molecule has 148 valence electrons. The smallest absolute Gasteiger partial charge is 0.341 e. The molecular weight excluding hydrogens is 406 g/mol. The molecule has 0 fully saturated rings. The van der Waals surface area contributed by atoms with E-state index in [1.165, 1.54) is 26.2 Å². The molecule has 0 aliphatic heterocycles. The van der Waals surface area contributed by atoms with Crippen LogP contribution in [0.4, 0.5) is 17.1 Å². The number of halogens is 1. The number of carbonyl (C=O) groups excluding carboxylic acids is 1. The highest BCUT2D eigenvalue weighted by Gasteiger charge is 2.13. The monoisotopic (exact) mass is 423 g/mol. The van der Waals surface area contributed by atoms with Crippen LogP contribution in [0, 0.1) is 0 Å². The highest BCUT2D eigenvalue weighted by atomic mass is 35.5. The van der Waals surface area contributed by atoms with Gasteiger partial charge < -0.3 is 30.5 Å². The van der Waals surface area contributed by atoms with E-state index in [9.17, 15) is 9.59 Å². The van der Waals surface area contributed by atoms with Crippen molar-refractivity contribution in [2.75, 3.05) is 29.7 Å². The van der Waals surface area contributed by atoms with Crippen molar-refractivity contribution in [1.29, 1.82) is 0 Å². The number of nitrogens with one attached hydrogen (secondary N) is 3. The molecule has 2 rings (SSSR count). The maximum atomic E-state index is 11.0. The van der Waals surface area contributed by atoms with Gasteiger partial charge in [0.1, 0.15) is 11.5 Å². The van der Waals surface area contributed by atoms with Gasteiger partial charge in [-0.2, -0.15) is 0 Å². The predicted molar refractivity (Wildman–Crippen MR) is 112 cm³/mol. The lowest BCUT2D eigenvalue weighted by Crippen LogP contribution is -2.19. The van der Waals surface area contributed by atoms with Crippen molar-refractivity contribution >= 4 is 57.9 Å². The summed E-state index contributed by atoms with van der Waals surface area (Å²) in [6.07, 6.45) is 0. The maximum absolute atomic E-state index is 11.0. The van der Waals surface area contributed by atoms with E-state index in [0.29, 0.717) is 22.8 Å². The van der Waals surface area contributed by atoms with Gasteiger partial charge in [-0.3, -0.25) is 4.79 Å². The Bertz CT molecular complexity index is 890. The minimum Gasteiger partial charge on any atom is -0.494 e. The predicted octanol–water partition coefficient (Wildman–Crippen LogP) is 3.58. The van der Waals surface area contributed by atoms with Crippen molar-refractivity contribution < 1.29 is 24.2 Å². The summed E-state index contributed by atoms with van der Waals surface area (Å²) in [5.74, 6) is -0.723. The summed E-state index contributed by atoms with van der Waals surface area (Å²) in [5.41, 5.74) is 1.85. The Kier molecular flexibility index (Phi) is 7.42. The number of ether oxygens (including phenoxy) is 2. The fourth-order valence-corrected chi connectivity index (χ4v) is 2.62. The number of benzene rings is 2. The molecule has 0 spiro atoms. The van der Waals surface area contributed by atoms with Gasteiger partial charge in [0.05, 0.1) is 17.8 Å². The van der Waals surface area contributed by atoms with Gasteiger partial charge in [0.15, 0.2) is 11.7 Å². The summed E-state index contributed by atoms with van der Waals surface area (Å²) < 4.78 is 10.4. The number of carboxylic acids is 1. The van der Waals surface area contributed by atoms with Crippen LogP contribution in [-0.4, -0.2) is 35.8 Å². The van der Waals surface area contributed by atoms with E-state index in [4.69, 9.17) is 38.4 Å². The SMILES string of the molecule is COc1cc(OCC(=O)O)c(Cl)cc1NC(=S)Nc1ccc(NC(C)=O)cc1. The lowest BCUT2D eigenvalue weighted by molar-refractivity contribution is -0.139. The summed E-state index contributed by atoms with van der Waals surface area (Å²) in [5, 5.41) is 17.8. The molecule has 0 unspecified atom stereocenters. The second-order valence-electron chi connectivity index (χ2n) is 5.50. The van der Waals surface area contributed by atoms with Gasteiger partial charge in [-0.1, -0.05) is 11.6 Å². The molecule has 0 radical (unpaired) electrons. The molecule has 8 nitrogen and oxygen atoms in total. The van der Waals surface area contributed by atoms with Crippen LogP contribution in [0.3, 0.4) is 0 Å². The van der Waals surface area contributed by atoms with Crippen LogP contribution >= 0.6 is 23.8 Å². The summed E-state index contributed by atoms with van der Waals surface area (Å²) >= 11 is 11.4. The molecule has 0 atom stereocenters. The fraction of sp³-hybridized carbons (Fsp3) is 0.167. The molecule has 2 aromatic rings. The zero-order valence-electron chi connectivity index (χ0n) is 15.0. The Morgan fingerprint density at radius 3 is 2.21 bits per heavy atom. The Labute approximate surface area is 171 Å². The van der Waals surface area contributed by atoms with E-state index in [0.717, 1.165) is 0 Å². The number of methoxy groups -OCH3 is 1. The quantitative estimate of drug-likeness (QED) is 0.500. The number of rotatable bonds is 7. The third-order valence-electron chi connectivity index (χ3n) is 3.32. The van der Waals surface area contributed by atoms with Gasteiger partial charge in [0, 0.05) is 24.4 Å². The first-order valence-electron chi connectivity index (χ1n) is 7.96. The Hall–Kier alpha value is -3.04. The molecule has 0 aromatic heterocycles. The molecule has 10 heteroatoms. The lowest BCUT2D eigenvalue weighted by Gasteiger charge is -2.16. The van der Waals surface area contributed by atoms with E-state index in [1.807, 2.05) is 0 Å². The van der Waals surface area contributed by atoms with Crippen molar-refractivity contribution in [3.05, 3.63) is 41.4 Å². The molecular formula is C18H18ClN3O5S. The minimum atomic E-state index is -1.12. The second kappa shape index (κ2) is 9.77. The van der Waals surface area contributed by atoms with E-state index in [1.54, 1.807) is 24.3 Å². The van der Waals surface area contributed by atoms with Crippen molar-refractivity contribution in [3.63, 3.8) is 0 Å². The average Bonchev–Trinajstić information content (AvgIpc) is 2.62. The number of carbonyl (C=O) groups is 2. The number of amides is 1. The zero-order chi connectivity index (χ0) is 20.7. The topological polar surface area (TPSA) is 109 Å². The van der Waals surface area contributed by atoms with Crippen molar-refractivity contribution in [2.24, 2.45) is 0 Å². The lowest BCUT2D eigenvalue weighted by atomic mass is 10.2. The van der Waals surface area contributed by atoms with E-state index in [-0.39, 0.29) is 21.8 Å². The number of aliphatic carboxylic acids is 1. The van der Waals surface area contributed by atoms with E-state index in [2.05, 4.69) is 16.0 Å². The summed E-state index contributed by atoms with van der Waals surface area (Å²) in [4.78, 5) is 21.7. The first kappa shape index (κ1) is 21.3. The first-order valence-corrected chi connectivity index (χ1v) is 8.75. The van der Waals surface area contributed by atoms with E-state index >= 15 is 0 Å². The normalized spacial score (nSPS) is 9.96.